The number of benzene rings is 4. The van der Waals surface area contributed by atoms with E-state index in [1.165, 1.54) is 64.5 Å². The lowest BCUT2D eigenvalue weighted by Gasteiger charge is -2.42. The minimum atomic E-state index is -0.545. The van der Waals surface area contributed by atoms with Gasteiger partial charge in [0.15, 0.2) is 5.78 Å². The summed E-state index contributed by atoms with van der Waals surface area (Å²) in [5.41, 5.74) is 14.3. The third-order valence-electron chi connectivity index (χ3n) is 16.2. The van der Waals surface area contributed by atoms with Gasteiger partial charge in [-0.15, -0.1) is 0 Å². The molecule has 1 unspecified atom stereocenters. The van der Waals surface area contributed by atoms with E-state index in [1.54, 1.807) is 6.08 Å². The number of Topliss-reactive ketones (excluding diaryl/α,β-unsaturated/α-hetero) is 1. The summed E-state index contributed by atoms with van der Waals surface area (Å²) in [7, 11) is 0. The van der Waals surface area contributed by atoms with Crippen LogP contribution in [0.3, 0.4) is 0 Å². The molecule has 78 heavy (non-hydrogen) atoms. The highest BCUT2D eigenvalue weighted by Gasteiger charge is 2.38. The number of allylic oxidation sites excluding steroid dienone is 2. The van der Waals surface area contributed by atoms with E-state index in [9.17, 15) is 19.2 Å². The molecule has 10 nitrogen and oxygen atoms in total. The SMILES string of the molecule is CCCCC(=O)OC/C=C\OOCCOCCCNC(=O)C(CCCCNC(=O)c1ccc(/C=C(\C)c2ccc3c(c2)C(C)(C)CCC3(C)C)cc1)CC(=O)c1ccc(/C=C(\C)c2ccc3c(c2)C(C)(C)CCC3(C)C)cc1. The summed E-state index contributed by atoms with van der Waals surface area (Å²) in [6, 6.07) is 29.2. The number of esters is 1. The van der Waals surface area contributed by atoms with Crippen LogP contribution in [0.4, 0.5) is 0 Å². The molecule has 4 aromatic carbocycles. The number of nitrogens with one attached hydrogen (secondary N) is 2. The number of ether oxygens (including phenoxy) is 2. The monoisotopic (exact) mass is 1060 g/mol. The topological polar surface area (TPSA) is 129 Å². The minimum absolute atomic E-state index is 0.0696. The fraction of sp³-hybridized carbons (Fsp3) is 0.500. The molecule has 0 aromatic heterocycles. The van der Waals surface area contributed by atoms with Crippen molar-refractivity contribution in [1.82, 2.24) is 10.6 Å². The minimum Gasteiger partial charge on any atom is -0.461 e. The molecule has 0 saturated carbocycles. The zero-order valence-corrected chi connectivity index (χ0v) is 49.0. The molecule has 420 valence electrons. The second-order valence-electron chi connectivity index (χ2n) is 24.4. The van der Waals surface area contributed by atoms with Gasteiger partial charge in [-0.05, 0) is 161 Å². The quantitative estimate of drug-likeness (QED) is 0.0109. The Labute approximate surface area is 467 Å². The summed E-state index contributed by atoms with van der Waals surface area (Å²) in [6.45, 7) is 26.9. The first-order valence-electron chi connectivity index (χ1n) is 28.7. The first kappa shape index (κ1) is 61.1. The Morgan fingerprint density at radius 3 is 1.64 bits per heavy atom. The van der Waals surface area contributed by atoms with Crippen molar-refractivity contribution in [2.45, 2.75) is 175 Å². The molecule has 0 fully saturated rings. The summed E-state index contributed by atoms with van der Waals surface area (Å²) in [4.78, 5) is 62.5. The van der Waals surface area contributed by atoms with Crippen molar-refractivity contribution in [1.29, 1.82) is 0 Å². The van der Waals surface area contributed by atoms with Crippen LogP contribution in [-0.4, -0.2) is 63.1 Å². The molecule has 2 aliphatic rings. The fourth-order valence-electron chi connectivity index (χ4n) is 10.7. The van der Waals surface area contributed by atoms with E-state index in [0.717, 1.165) is 36.0 Å². The maximum absolute atomic E-state index is 13.9. The van der Waals surface area contributed by atoms with E-state index in [-0.39, 0.29) is 71.5 Å². The average Bonchev–Trinajstić information content (AvgIpc) is 3.42. The van der Waals surface area contributed by atoms with Crippen LogP contribution in [0, 0.1) is 5.92 Å². The highest BCUT2D eigenvalue weighted by Crippen LogP contribution is 2.48. The smallest absolute Gasteiger partial charge is 0.306 e. The standard InChI is InChI=1S/C68H90N2O8/c1-12-13-19-62(72)76-39-17-40-77-78-42-41-75-38-16-37-70-64(74)56(47-61(71)52-24-20-50(21-25-52)43-48(2)54-28-30-57-59(45-54)67(8,9)34-32-65(57,4)5)18-14-15-36-69-63(73)53-26-22-51(23-27-53)44-49(3)55-29-31-58-60(46-55)68(10,11)35-33-66(58,6)7/h17,20-31,40,43-46,56H,12-16,18-19,32-39,41-42,47H2,1-11H3,(H,69,73)(H,70,74)/b40-17-,48-43+,49-44+. The van der Waals surface area contributed by atoms with Gasteiger partial charge in [-0.2, -0.15) is 4.89 Å². The van der Waals surface area contributed by atoms with Crippen LogP contribution in [0.25, 0.3) is 23.3 Å². The molecular formula is C68H90N2O8. The van der Waals surface area contributed by atoms with Gasteiger partial charge in [-0.25, -0.2) is 0 Å². The number of carbonyl (C=O) groups excluding carboxylic acids is 4. The zero-order chi connectivity index (χ0) is 56.5. The maximum Gasteiger partial charge on any atom is 0.306 e. The second-order valence-corrected chi connectivity index (χ2v) is 24.4. The number of hydrogen-bond donors (Lipinski definition) is 2. The van der Waals surface area contributed by atoms with Gasteiger partial charge in [-0.1, -0.05) is 160 Å². The summed E-state index contributed by atoms with van der Waals surface area (Å²) in [5.74, 6) is -1.20. The molecular weight excluding hydrogens is 973 g/mol. The van der Waals surface area contributed by atoms with Crippen molar-refractivity contribution in [3.05, 3.63) is 153 Å². The van der Waals surface area contributed by atoms with Crippen LogP contribution in [0.5, 0.6) is 0 Å². The Kier molecular flexibility index (Phi) is 22.1. The van der Waals surface area contributed by atoms with Crippen molar-refractivity contribution in [2.75, 3.05) is 39.5 Å². The van der Waals surface area contributed by atoms with Crippen LogP contribution in [0.15, 0.2) is 97.3 Å². The summed E-state index contributed by atoms with van der Waals surface area (Å²) in [5, 5.41) is 6.09. The van der Waals surface area contributed by atoms with E-state index < -0.39 is 5.92 Å². The van der Waals surface area contributed by atoms with E-state index in [0.29, 0.717) is 62.9 Å². The normalized spacial score (nSPS) is 16.7. The number of carbonyl (C=O) groups is 4. The van der Waals surface area contributed by atoms with Gasteiger partial charge in [0.1, 0.15) is 19.5 Å². The van der Waals surface area contributed by atoms with Gasteiger partial charge in [0.05, 0.1) is 6.61 Å². The Balaban J connectivity index is 0.996. The van der Waals surface area contributed by atoms with Crippen molar-refractivity contribution in [3.8, 4) is 0 Å². The van der Waals surface area contributed by atoms with Crippen molar-refractivity contribution >= 4 is 46.9 Å². The van der Waals surface area contributed by atoms with Gasteiger partial charge in [0, 0.05) is 49.6 Å². The number of fused-ring (bicyclic) bond motifs is 2. The van der Waals surface area contributed by atoms with Gasteiger partial charge in [0.25, 0.3) is 5.91 Å². The van der Waals surface area contributed by atoms with E-state index >= 15 is 0 Å². The third-order valence-corrected chi connectivity index (χ3v) is 16.2. The Morgan fingerprint density at radius 1 is 0.577 bits per heavy atom. The molecule has 1 atom stereocenters. The highest BCUT2D eigenvalue weighted by atomic mass is 17.2. The predicted octanol–water partition coefficient (Wildman–Crippen LogP) is 15.0. The van der Waals surface area contributed by atoms with Crippen LogP contribution >= 0.6 is 0 Å². The fourth-order valence-corrected chi connectivity index (χ4v) is 10.7. The van der Waals surface area contributed by atoms with Crippen molar-refractivity contribution in [3.63, 3.8) is 0 Å². The Hall–Kier alpha value is -6.10. The van der Waals surface area contributed by atoms with Crippen LogP contribution < -0.4 is 10.6 Å². The molecule has 0 aliphatic heterocycles. The first-order valence-corrected chi connectivity index (χ1v) is 28.7. The largest absolute Gasteiger partial charge is 0.461 e. The summed E-state index contributed by atoms with van der Waals surface area (Å²) < 4.78 is 10.7. The number of amides is 2. The number of rotatable bonds is 28. The van der Waals surface area contributed by atoms with Gasteiger partial charge in [0.2, 0.25) is 5.91 Å². The van der Waals surface area contributed by atoms with Gasteiger partial charge < -0.3 is 25.0 Å². The molecule has 6 rings (SSSR count). The van der Waals surface area contributed by atoms with Crippen LogP contribution in [0.2, 0.25) is 0 Å². The lowest BCUT2D eigenvalue weighted by atomic mass is 9.63. The Bertz CT molecular complexity index is 2760. The molecule has 2 aliphatic carbocycles. The zero-order valence-electron chi connectivity index (χ0n) is 49.0. The third kappa shape index (κ3) is 17.4. The predicted molar refractivity (Wildman–Crippen MR) is 317 cm³/mol. The summed E-state index contributed by atoms with van der Waals surface area (Å²) >= 11 is 0. The molecule has 10 heteroatoms. The van der Waals surface area contributed by atoms with Crippen molar-refractivity contribution < 1.29 is 38.4 Å². The van der Waals surface area contributed by atoms with Crippen LogP contribution in [-0.2, 0) is 50.5 Å². The van der Waals surface area contributed by atoms with Crippen LogP contribution in [0.1, 0.15) is 218 Å². The lowest BCUT2D eigenvalue weighted by Crippen LogP contribution is -2.33. The number of hydrogen-bond acceptors (Lipinski definition) is 8. The molecule has 0 bridgehead atoms. The van der Waals surface area contributed by atoms with Gasteiger partial charge in [-0.3, -0.25) is 19.2 Å². The van der Waals surface area contributed by atoms with E-state index in [4.69, 9.17) is 19.2 Å². The molecule has 2 amide bonds. The highest BCUT2D eigenvalue weighted by molar-refractivity contribution is 5.99. The van der Waals surface area contributed by atoms with Crippen molar-refractivity contribution in [2.24, 2.45) is 5.92 Å². The second kappa shape index (κ2) is 28.2. The molecule has 0 radical (unpaired) electrons. The molecule has 0 heterocycles. The molecule has 0 spiro atoms. The lowest BCUT2D eigenvalue weighted by molar-refractivity contribution is -0.255. The first-order chi connectivity index (χ1) is 37.1. The Morgan fingerprint density at radius 2 is 1.09 bits per heavy atom. The number of unbranched alkanes of at least 4 members (excludes halogenated alkanes) is 2. The van der Waals surface area contributed by atoms with E-state index in [1.807, 2.05) is 55.5 Å². The maximum atomic E-state index is 13.9. The molecule has 2 N–H and O–H groups in total. The average molecular weight is 1060 g/mol. The number of ketones is 1. The van der Waals surface area contributed by atoms with E-state index in [2.05, 4.69) is 128 Å². The summed E-state index contributed by atoms with van der Waals surface area (Å²) in [6.07, 6.45) is 16.5. The van der Waals surface area contributed by atoms with Gasteiger partial charge >= 0.3 is 5.97 Å². The molecule has 4 aromatic rings. The molecule has 0 saturated heterocycles.